The van der Waals surface area contributed by atoms with Crippen LogP contribution in [0.4, 0.5) is 0 Å². The summed E-state index contributed by atoms with van der Waals surface area (Å²) in [4.78, 5) is 4.09. The molecule has 98 valence electrons. The van der Waals surface area contributed by atoms with E-state index < -0.39 is 0 Å². The summed E-state index contributed by atoms with van der Waals surface area (Å²) < 4.78 is 7.33. The number of hydrogen-bond acceptors (Lipinski definition) is 4. The molecule has 1 N–H and O–H groups in total. The van der Waals surface area contributed by atoms with Crippen molar-refractivity contribution in [2.24, 2.45) is 7.05 Å². The van der Waals surface area contributed by atoms with Gasteiger partial charge in [0, 0.05) is 12.6 Å². The third-order valence-electron chi connectivity index (χ3n) is 2.67. The fourth-order valence-corrected chi connectivity index (χ4v) is 1.60. The van der Waals surface area contributed by atoms with E-state index in [2.05, 4.69) is 21.9 Å². The summed E-state index contributed by atoms with van der Waals surface area (Å²) in [7, 11) is 1.82. The van der Waals surface area contributed by atoms with Gasteiger partial charge in [-0.25, -0.2) is 4.98 Å². The van der Waals surface area contributed by atoms with Crippen LogP contribution < -0.4 is 4.74 Å². The van der Waals surface area contributed by atoms with Crippen LogP contribution in [0.25, 0.3) is 0 Å². The first kappa shape index (κ1) is 13.1. The largest absolute Gasteiger partial charge is 0.486 e. The van der Waals surface area contributed by atoms with Gasteiger partial charge in [0.15, 0.2) is 5.82 Å². The summed E-state index contributed by atoms with van der Waals surface area (Å²) in [6.45, 7) is 2.19. The fourth-order valence-electron chi connectivity index (χ4n) is 1.60. The molecule has 0 amide bonds. The quantitative estimate of drug-likeness (QED) is 0.835. The summed E-state index contributed by atoms with van der Waals surface area (Å²) in [5, 5.41) is 12.7. The van der Waals surface area contributed by atoms with Crippen molar-refractivity contribution in [2.45, 2.75) is 13.5 Å². The average molecular weight is 257 g/mol. The van der Waals surface area contributed by atoms with Crippen molar-refractivity contribution in [3.63, 3.8) is 0 Å². The molecule has 0 radical (unpaired) electrons. The molecule has 0 aliphatic rings. The Hall–Kier alpha value is -2.32. The van der Waals surface area contributed by atoms with E-state index in [0.717, 1.165) is 22.7 Å². The van der Waals surface area contributed by atoms with Gasteiger partial charge in [-0.1, -0.05) is 11.8 Å². The predicted molar refractivity (Wildman–Crippen MR) is 70.5 cm³/mol. The van der Waals surface area contributed by atoms with Crippen LogP contribution in [0.3, 0.4) is 0 Å². The second-order valence-electron chi connectivity index (χ2n) is 4.03. The van der Waals surface area contributed by atoms with Crippen molar-refractivity contribution in [3.8, 4) is 17.6 Å². The summed E-state index contributed by atoms with van der Waals surface area (Å²) in [6, 6.07) is 5.65. The van der Waals surface area contributed by atoms with Crippen molar-refractivity contribution in [1.82, 2.24) is 14.8 Å². The van der Waals surface area contributed by atoms with Gasteiger partial charge in [0.2, 0.25) is 0 Å². The zero-order chi connectivity index (χ0) is 13.7. The molecule has 0 fully saturated rings. The molecule has 0 atom stereocenters. The van der Waals surface area contributed by atoms with Gasteiger partial charge in [0.1, 0.15) is 25.3 Å². The molecule has 5 heteroatoms. The van der Waals surface area contributed by atoms with Crippen LogP contribution in [0.15, 0.2) is 24.5 Å². The molecular formula is C14H15N3O2. The van der Waals surface area contributed by atoms with Gasteiger partial charge >= 0.3 is 0 Å². The second kappa shape index (κ2) is 6.03. The first-order valence-corrected chi connectivity index (χ1v) is 5.86. The molecule has 5 nitrogen and oxygen atoms in total. The molecule has 0 aliphatic heterocycles. The minimum absolute atomic E-state index is 0.135. The highest BCUT2D eigenvalue weighted by Crippen LogP contribution is 2.17. The topological polar surface area (TPSA) is 60.2 Å². The summed E-state index contributed by atoms with van der Waals surface area (Å²) in [6.07, 6.45) is 1.50. The van der Waals surface area contributed by atoms with Gasteiger partial charge in [0.25, 0.3) is 0 Å². The molecule has 0 saturated heterocycles. The van der Waals surface area contributed by atoms with Crippen molar-refractivity contribution in [3.05, 3.63) is 41.5 Å². The van der Waals surface area contributed by atoms with Crippen molar-refractivity contribution < 1.29 is 9.84 Å². The van der Waals surface area contributed by atoms with E-state index in [1.165, 1.54) is 6.33 Å². The van der Waals surface area contributed by atoms with Gasteiger partial charge in [0.05, 0.1) is 0 Å². The Morgan fingerprint density at radius 3 is 2.89 bits per heavy atom. The molecule has 19 heavy (non-hydrogen) atoms. The van der Waals surface area contributed by atoms with E-state index in [9.17, 15) is 0 Å². The van der Waals surface area contributed by atoms with Gasteiger partial charge in [-0.15, -0.1) is 0 Å². The van der Waals surface area contributed by atoms with Crippen molar-refractivity contribution in [1.29, 1.82) is 0 Å². The number of hydrogen-bond donors (Lipinski definition) is 1. The third-order valence-corrected chi connectivity index (χ3v) is 2.67. The Labute approximate surface area is 111 Å². The number of ether oxygens (including phenoxy) is 1. The van der Waals surface area contributed by atoms with Gasteiger partial charge in [-0.3, -0.25) is 4.68 Å². The van der Waals surface area contributed by atoms with Gasteiger partial charge < -0.3 is 9.84 Å². The third kappa shape index (κ3) is 3.33. The SMILES string of the molecule is Cc1cc(OCc2ncnn2C)ccc1C#CCO. The van der Waals surface area contributed by atoms with E-state index in [4.69, 9.17) is 9.84 Å². The maximum absolute atomic E-state index is 8.68. The lowest BCUT2D eigenvalue weighted by molar-refractivity contribution is 0.289. The molecule has 2 aromatic rings. The highest BCUT2D eigenvalue weighted by molar-refractivity contribution is 5.44. The van der Waals surface area contributed by atoms with Crippen LogP contribution in [0, 0.1) is 18.8 Å². The van der Waals surface area contributed by atoms with Crippen LogP contribution in [-0.4, -0.2) is 26.5 Å². The number of aliphatic hydroxyl groups is 1. The maximum atomic E-state index is 8.68. The van der Waals surface area contributed by atoms with Gasteiger partial charge in [-0.2, -0.15) is 5.10 Å². The van der Waals surface area contributed by atoms with Crippen LogP contribution >= 0.6 is 0 Å². The van der Waals surface area contributed by atoms with Crippen LogP contribution in [-0.2, 0) is 13.7 Å². The molecule has 1 aromatic carbocycles. The lowest BCUT2D eigenvalue weighted by atomic mass is 10.1. The zero-order valence-corrected chi connectivity index (χ0v) is 10.9. The molecule has 1 aromatic heterocycles. The standard InChI is InChI=1S/C14H15N3O2/c1-11-8-13(6-5-12(11)4-3-7-18)19-9-14-15-10-16-17(14)2/h5-6,8,10,18H,7,9H2,1-2H3. The molecule has 0 saturated carbocycles. The van der Waals surface area contributed by atoms with Crippen LogP contribution in [0.5, 0.6) is 5.75 Å². The molecule has 0 aliphatic carbocycles. The van der Waals surface area contributed by atoms with E-state index >= 15 is 0 Å². The Balaban J connectivity index is 2.06. The number of nitrogens with zero attached hydrogens (tertiary/aromatic N) is 3. The van der Waals surface area contributed by atoms with Crippen molar-refractivity contribution in [2.75, 3.05) is 6.61 Å². The van der Waals surface area contributed by atoms with Crippen LogP contribution in [0.2, 0.25) is 0 Å². The number of aromatic nitrogens is 3. The number of benzene rings is 1. The molecule has 0 unspecified atom stereocenters. The van der Waals surface area contributed by atoms with Crippen LogP contribution in [0.1, 0.15) is 17.0 Å². The first-order valence-electron chi connectivity index (χ1n) is 5.86. The van der Waals surface area contributed by atoms with E-state index in [-0.39, 0.29) is 6.61 Å². The van der Waals surface area contributed by atoms with Crippen molar-refractivity contribution >= 4 is 0 Å². The predicted octanol–water partition coefficient (Wildman–Crippen LogP) is 1.05. The normalized spacial score (nSPS) is 9.84. The zero-order valence-electron chi connectivity index (χ0n) is 10.9. The highest BCUT2D eigenvalue weighted by Gasteiger charge is 2.03. The molecular weight excluding hydrogens is 242 g/mol. The lowest BCUT2D eigenvalue weighted by Gasteiger charge is -2.07. The smallest absolute Gasteiger partial charge is 0.164 e. The highest BCUT2D eigenvalue weighted by atomic mass is 16.5. The van der Waals surface area contributed by atoms with E-state index in [0.29, 0.717) is 6.61 Å². The Morgan fingerprint density at radius 2 is 2.26 bits per heavy atom. The minimum atomic E-state index is -0.135. The fraction of sp³-hybridized carbons (Fsp3) is 0.286. The van der Waals surface area contributed by atoms with E-state index in [1.54, 1.807) is 4.68 Å². The number of rotatable bonds is 3. The average Bonchev–Trinajstić information content (AvgIpc) is 2.81. The first-order chi connectivity index (χ1) is 9.20. The minimum Gasteiger partial charge on any atom is -0.486 e. The number of aryl methyl sites for hydroxylation is 2. The Bertz CT molecular complexity index is 623. The molecule has 0 bridgehead atoms. The molecule has 1 heterocycles. The maximum Gasteiger partial charge on any atom is 0.164 e. The summed E-state index contributed by atoms with van der Waals surface area (Å²) >= 11 is 0. The molecule has 0 spiro atoms. The monoisotopic (exact) mass is 257 g/mol. The Morgan fingerprint density at radius 1 is 1.42 bits per heavy atom. The van der Waals surface area contributed by atoms with E-state index in [1.807, 2.05) is 32.2 Å². The molecule has 2 rings (SSSR count). The number of aliphatic hydroxyl groups excluding tert-OH is 1. The summed E-state index contributed by atoms with van der Waals surface area (Å²) in [5.41, 5.74) is 1.90. The second-order valence-corrected chi connectivity index (χ2v) is 4.03. The Kier molecular flexibility index (Phi) is 4.16. The van der Waals surface area contributed by atoms with Gasteiger partial charge in [-0.05, 0) is 30.7 Å². The lowest BCUT2D eigenvalue weighted by Crippen LogP contribution is -2.04. The summed E-state index contributed by atoms with van der Waals surface area (Å²) in [5.74, 6) is 7.04.